The third-order valence-corrected chi connectivity index (χ3v) is 6.49. The second kappa shape index (κ2) is 15.2. The summed E-state index contributed by atoms with van der Waals surface area (Å²) in [6.45, 7) is 1.67. The quantitative estimate of drug-likeness (QED) is 0.308. The number of hydrogen-bond donors (Lipinski definition) is 1. The van der Waals surface area contributed by atoms with E-state index in [0.29, 0.717) is 0 Å². The maximum absolute atomic E-state index is 13.0. The van der Waals surface area contributed by atoms with Crippen molar-refractivity contribution in [1.29, 1.82) is 0 Å². The van der Waals surface area contributed by atoms with Crippen LogP contribution in [0.1, 0.15) is 41.3 Å². The van der Waals surface area contributed by atoms with Crippen molar-refractivity contribution in [3.8, 4) is 0 Å². The summed E-state index contributed by atoms with van der Waals surface area (Å²) in [6.07, 6.45) is -6.26. The molecule has 216 valence electrons. The average molecular weight is 563 g/mol. The van der Waals surface area contributed by atoms with Gasteiger partial charge in [0.1, 0.15) is 18.0 Å². The summed E-state index contributed by atoms with van der Waals surface area (Å²) in [5.41, 5.74) is 2.01. The van der Waals surface area contributed by atoms with E-state index in [0.717, 1.165) is 11.1 Å². The Kier molecular flexibility index (Phi) is 11.2. The van der Waals surface area contributed by atoms with E-state index >= 15 is 0 Å². The number of carbonyl (C=O) groups excluding carboxylic acids is 3. The first-order chi connectivity index (χ1) is 19.9. The molecule has 0 aromatic heterocycles. The molecule has 9 heteroatoms. The minimum atomic E-state index is -1.60. The van der Waals surface area contributed by atoms with E-state index in [2.05, 4.69) is 0 Å². The van der Waals surface area contributed by atoms with Gasteiger partial charge in [-0.3, -0.25) is 4.79 Å². The number of esters is 2. The van der Waals surface area contributed by atoms with Gasteiger partial charge in [0.25, 0.3) is 0 Å². The standard InChI is InChI=1S/C32H34O9/c1-22(33)17-18-27(34)40-28-26(21-37-19-23-11-5-2-6-12-23)39-32(36)30(41-31(35)25-15-9-4-10-16-25)29(28)38-20-24-13-7-3-8-14-24/h2-16,26,28-30,32,36H,17-21H2,1H3/t26-,28-,29+,30-,32?/m1/s1. The van der Waals surface area contributed by atoms with E-state index in [4.69, 9.17) is 23.7 Å². The molecule has 5 atom stereocenters. The lowest BCUT2D eigenvalue weighted by Crippen LogP contribution is -2.62. The van der Waals surface area contributed by atoms with Crippen molar-refractivity contribution in [1.82, 2.24) is 0 Å². The molecule has 1 unspecified atom stereocenters. The molecule has 0 bridgehead atoms. The predicted molar refractivity (Wildman–Crippen MR) is 147 cm³/mol. The predicted octanol–water partition coefficient (Wildman–Crippen LogP) is 4.01. The van der Waals surface area contributed by atoms with Crippen LogP contribution in [-0.4, -0.2) is 60.1 Å². The van der Waals surface area contributed by atoms with Crippen molar-refractivity contribution < 1.29 is 43.2 Å². The van der Waals surface area contributed by atoms with Gasteiger partial charge in [-0.1, -0.05) is 78.9 Å². The van der Waals surface area contributed by atoms with E-state index in [1.807, 2.05) is 60.7 Å². The molecule has 0 amide bonds. The van der Waals surface area contributed by atoms with Crippen LogP contribution in [0.3, 0.4) is 0 Å². The van der Waals surface area contributed by atoms with Crippen LogP contribution in [0.5, 0.6) is 0 Å². The first kappa shape index (κ1) is 30.1. The highest BCUT2D eigenvalue weighted by Gasteiger charge is 2.50. The molecule has 1 aliphatic rings. The van der Waals surface area contributed by atoms with Crippen molar-refractivity contribution in [2.75, 3.05) is 6.61 Å². The third-order valence-electron chi connectivity index (χ3n) is 6.49. The van der Waals surface area contributed by atoms with Crippen molar-refractivity contribution in [3.05, 3.63) is 108 Å². The number of aliphatic hydroxyl groups is 1. The zero-order valence-corrected chi connectivity index (χ0v) is 22.8. The van der Waals surface area contributed by atoms with E-state index in [1.54, 1.807) is 30.3 Å². The van der Waals surface area contributed by atoms with Gasteiger partial charge in [-0.25, -0.2) is 4.79 Å². The first-order valence-electron chi connectivity index (χ1n) is 13.5. The molecule has 0 aliphatic carbocycles. The summed E-state index contributed by atoms with van der Waals surface area (Å²) < 4.78 is 29.4. The number of ether oxygens (including phenoxy) is 5. The van der Waals surface area contributed by atoms with Crippen LogP contribution in [0.15, 0.2) is 91.0 Å². The number of aliphatic hydroxyl groups excluding tert-OH is 1. The van der Waals surface area contributed by atoms with Gasteiger partial charge in [-0.2, -0.15) is 0 Å². The Morgan fingerprint density at radius 2 is 1.32 bits per heavy atom. The van der Waals surface area contributed by atoms with Crippen molar-refractivity contribution in [3.63, 3.8) is 0 Å². The van der Waals surface area contributed by atoms with Crippen LogP contribution in [0.25, 0.3) is 0 Å². The summed E-state index contributed by atoms with van der Waals surface area (Å²) in [5.74, 6) is -1.52. The molecule has 1 saturated heterocycles. The van der Waals surface area contributed by atoms with Gasteiger partial charge in [0.2, 0.25) is 0 Å². The molecule has 9 nitrogen and oxygen atoms in total. The first-order valence-corrected chi connectivity index (χ1v) is 13.5. The van der Waals surface area contributed by atoms with Gasteiger partial charge >= 0.3 is 11.9 Å². The van der Waals surface area contributed by atoms with E-state index in [-0.39, 0.29) is 44.0 Å². The summed E-state index contributed by atoms with van der Waals surface area (Å²) in [7, 11) is 0. The highest BCUT2D eigenvalue weighted by Crippen LogP contribution is 2.30. The average Bonchev–Trinajstić information content (AvgIpc) is 2.99. The second-order valence-electron chi connectivity index (χ2n) is 9.72. The summed E-state index contributed by atoms with van der Waals surface area (Å²) in [4.78, 5) is 37.3. The maximum Gasteiger partial charge on any atom is 0.338 e. The number of rotatable bonds is 13. The molecule has 41 heavy (non-hydrogen) atoms. The van der Waals surface area contributed by atoms with Gasteiger partial charge < -0.3 is 33.6 Å². The van der Waals surface area contributed by atoms with Gasteiger partial charge in [-0.15, -0.1) is 0 Å². The molecule has 0 saturated carbocycles. The van der Waals surface area contributed by atoms with Crippen molar-refractivity contribution >= 4 is 17.7 Å². The Labute approximate surface area is 238 Å². The van der Waals surface area contributed by atoms with Crippen molar-refractivity contribution in [2.45, 2.75) is 63.7 Å². The minimum Gasteiger partial charge on any atom is -0.457 e. The lowest BCUT2D eigenvalue weighted by atomic mass is 9.98. The summed E-state index contributed by atoms with van der Waals surface area (Å²) in [6, 6.07) is 27.1. The van der Waals surface area contributed by atoms with Crippen LogP contribution in [0, 0.1) is 0 Å². The van der Waals surface area contributed by atoms with Crippen molar-refractivity contribution in [2.24, 2.45) is 0 Å². The molecule has 4 rings (SSSR count). The van der Waals surface area contributed by atoms with Crippen LogP contribution in [-0.2, 0) is 46.5 Å². The smallest absolute Gasteiger partial charge is 0.338 e. The normalized spacial score (nSPS) is 22.0. The lowest BCUT2D eigenvalue weighted by molar-refractivity contribution is -0.300. The third kappa shape index (κ3) is 9.06. The highest BCUT2D eigenvalue weighted by molar-refractivity contribution is 5.89. The molecular formula is C32H34O9. The molecule has 1 fully saturated rings. The zero-order chi connectivity index (χ0) is 29.0. The fourth-order valence-electron chi connectivity index (χ4n) is 4.38. The number of Topliss-reactive ketones (excluding diaryl/α,β-unsaturated/α-hetero) is 1. The van der Waals surface area contributed by atoms with Gasteiger partial charge in [0, 0.05) is 6.42 Å². The molecule has 1 N–H and O–H groups in total. The number of carbonyl (C=O) groups is 3. The fraction of sp³-hybridized carbons (Fsp3) is 0.344. The van der Waals surface area contributed by atoms with Crippen LogP contribution in [0.4, 0.5) is 0 Å². The van der Waals surface area contributed by atoms with E-state index < -0.39 is 42.6 Å². The Hall–Kier alpha value is -3.89. The number of hydrogen-bond acceptors (Lipinski definition) is 9. The van der Waals surface area contributed by atoms with Crippen LogP contribution < -0.4 is 0 Å². The zero-order valence-electron chi connectivity index (χ0n) is 22.8. The Bertz CT molecular complexity index is 1250. The molecule has 0 radical (unpaired) electrons. The van der Waals surface area contributed by atoms with E-state index in [1.165, 1.54) is 6.92 Å². The SMILES string of the molecule is CC(=O)CCC(=O)O[C@H]1[C@H](OCc2ccccc2)[C@@H](OC(=O)c2ccccc2)C(O)O[C@@H]1COCc1ccccc1. The van der Waals surface area contributed by atoms with Gasteiger partial charge in [0.15, 0.2) is 18.5 Å². The molecule has 1 aliphatic heterocycles. The van der Waals surface area contributed by atoms with Crippen LogP contribution >= 0.6 is 0 Å². The van der Waals surface area contributed by atoms with Crippen LogP contribution in [0.2, 0.25) is 0 Å². The number of benzene rings is 3. The number of ketones is 1. The summed E-state index contributed by atoms with van der Waals surface area (Å²) >= 11 is 0. The lowest BCUT2D eigenvalue weighted by Gasteiger charge is -2.43. The minimum absolute atomic E-state index is 0.00612. The second-order valence-corrected chi connectivity index (χ2v) is 9.72. The maximum atomic E-state index is 13.0. The topological polar surface area (TPSA) is 118 Å². The Morgan fingerprint density at radius 1 is 0.732 bits per heavy atom. The monoisotopic (exact) mass is 562 g/mol. The molecular weight excluding hydrogens is 528 g/mol. The Morgan fingerprint density at radius 3 is 1.93 bits per heavy atom. The molecule has 3 aromatic rings. The van der Waals surface area contributed by atoms with E-state index in [9.17, 15) is 19.5 Å². The van der Waals surface area contributed by atoms with Gasteiger partial charge in [-0.05, 0) is 30.2 Å². The van der Waals surface area contributed by atoms with Gasteiger partial charge in [0.05, 0.1) is 31.8 Å². The molecule has 1 heterocycles. The molecule has 0 spiro atoms. The Balaban J connectivity index is 1.58. The largest absolute Gasteiger partial charge is 0.457 e. The highest BCUT2D eigenvalue weighted by atomic mass is 16.7. The molecule has 3 aromatic carbocycles. The fourth-order valence-corrected chi connectivity index (χ4v) is 4.38. The summed E-state index contributed by atoms with van der Waals surface area (Å²) in [5, 5.41) is 11.0.